The number of halogens is 1. The number of aryl methyl sites for hydroxylation is 1. The van der Waals surface area contributed by atoms with Crippen molar-refractivity contribution in [1.82, 2.24) is 5.32 Å². The number of hydrogen-bond donors (Lipinski definition) is 1. The maximum atomic E-state index is 12.4. The Morgan fingerprint density at radius 1 is 1.32 bits per heavy atom. The van der Waals surface area contributed by atoms with Crippen LogP contribution in [0.5, 0.6) is 0 Å². The summed E-state index contributed by atoms with van der Waals surface area (Å²) in [5.74, 6) is 0.655. The second-order valence-corrected chi connectivity index (χ2v) is 6.17. The third-order valence-electron chi connectivity index (χ3n) is 4.27. The van der Waals surface area contributed by atoms with Crippen LogP contribution in [0.2, 0.25) is 0 Å². The van der Waals surface area contributed by atoms with Crippen molar-refractivity contribution in [2.75, 3.05) is 5.33 Å². The first-order valence-electron chi connectivity index (χ1n) is 7.06. The van der Waals surface area contributed by atoms with Gasteiger partial charge in [-0.1, -0.05) is 40.9 Å². The van der Waals surface area contributed by atoms with E-state index in [9.17, 15) is 4.79 Å². The van der Waals surface area contributed by atoms with Crippen LogP contribution in [0, 0.1) is 19.8 Å². The summed E-state index contributed by atoms with van der Waals surface area (Å²) < 4.78 is 0. The molecule has 2 unspecified atom stereocenters. The normalized spacial score (nSPS) is 23.1. The Bertz CT molecular complexity index is 458. The van der Waals surface area contributed by atoms with E-state index in [2.05, 4.69) is 21.2 Å². The predicted molar refractivity (Wildman–Crippen MR) is 82.9 cm³/mol. The molecule has 0 aromatic heterocycles. The van der Waals surface area contributed by atoms with Gasteiger partial charge in [0.2, 0.25) is 0 Å². The zero-order valence-electron chi connectivity index (χ0n) is 11.7. The molecule has 1 aliphatic rings. The van der Waals surface area contributed by atoms with Crippen LogP contribution in [0.1, 0.15) is 47.2 Å². The minimum Gasteiger partial charge on any atom is -0.349 e. The van der Waals surface area contributed by atoms with Crippen LogP contribution >= 0.6 is 15.9 Å². The minimum atomic E-state index is 0.0825. The average Bonchev–Trinajstić information content (AvgIpc) is 2.42. The van der Waals surface area contributed by atoms with E-state index in [0.717, 1.165) is 22.9 Å². The zero-order valence-corrected chi connectivity index (χ0v) is 13.3. The summed E-state index contributed by atoms with van der Waals surface area (Å²) in [5.41, 5.74) is 3.08. The van der Waals surface area contributed by atoms with Gasteiger partial charge in [0.25, 0.3) is 5.91 Å². The number of hydrogen-bond acceptors (Lipinski definition) is 1. The van der Waals surface area contributed by atoms with E-state index in [1.807, 2.05) is 32.0 Å². The van der Waals surface area contributed by atoms with Crippen molar-refractivity contribution in [3.63, 3.8) is 0 Å². The van der Waals surface area contributed by atoms with Gasteiger partial charge in [-0.25, -0.2) is 0 Å². The van der Waals surface area contributed by atoms with Crippen molar-refractivity contribution in [2.24, 2.45) is 5.92 Å². The molecule has 1 amide bonds. The first-order valence-corrected chi connectivity index (χ1v) is 8.18. The summed E-state index contributed by atoms with van der Waals surface area (Å²) >= 11 is 3.57. The Morgan fingerprint density at radius 3 is 2.79 bits per heavy atom. The summed E-state index contributed by atoms with van der Waals surface area (Å²) in [7, 11) is 0. The molecule has 1 N–H and O–H groups in total. The highest BCUT2D eigenvalue weighted by Crippen LogP contribution is 2.26. The van der Waals surface area contributed by atoms with Gasteiger partial charge in [-0.15, -0.1) is 0 Å². The molecule has 2 nitrogen and oxygen atoms in total. The smallest absolute Gasteiger partial charge is 0.251 e. The van der Waals surface area contributed by atoms with Gasteiger partial charge < -0.3 is 5.32 Å². The molecule has 0 radical (unpaired) electrons. The Morgan fingerprint density at radius 2 is 2.05 bits per heavy atom. The molecule has 0 bridgehead atoms. The van der Waals surface area contributed by atoms with Crippen molar-refractivity contribution < 1.29 is 4.79 Å². The molecule has 19 heavy (non-hydrogen) atoms. The molecule has 2 atom stereocenters. The van der Waals surface area contributed by atoms with E-state index in [1.54, 1.807) is 0 Å². The van der Waals surface area contributed by atoms with Gasteiger partial charge >= 0.3 is 0 Å². The van der Waals surface area contributed by atoms with Crippen molar-refractivity contribution in [1.29, 1.82) is 0 Å². The summed E-state index contributed by atoms with van der Waals surface area (Å²) in [5, 5.41) is 4.21. The van der Waals surface area contributed by atoms with Gasteiger partial charge in [-0.3, -0.25) is 4.79 Å². The lowest BCUT2D eigenvalue weighted by Crippen LogP contribution is -2.43. The fourth-order valence-corrected chi connectivity index (χ4v) is 3.60. The zero-order chi connectivity index (χ0) is 13.8. The molecular formula is C16H22BrNO. The van der Waals surface area contributed by atoms with Gasteiger partial charge in [0.15, 0.2) is 0 Å². The molecule has 0 saturated heterocycles. The van der Waals surface area contributed by atoms with Crippen LogP contribution in [0.25, 0.3) is 0 Å². The third kappa shape index (κ3) is 3.38. The van der Waals surface area contributed by atoms with E-state index >= 15 is 0 Å². The number of carbonyl (C=O) groups is 1. The van der Waals surface area contributed by atoms with Crippen molar-refractivity contribution in [2.45, 2.75) is 45.6 Å². The molecule has 1 aromatic carbocycles. The third-order valence-corrected chi connectivity index (χ3v) is 5.10. The Hall–Kier alpha value is -0.830. The quantitative estimate of drug-likeness (QED) is 0.837. The summed E-state index contributed by atoms with van der Waals surface area (Å²) in [6.07, 6.45) is 4.82. The van der Waals surface area contributed by atoms with Gasteiger partial charge in [-0.05, 0) is 49.8 Å². The summed E-state index contributed by atoms with van der Waals surface area (Å²) in [6.45, 7) is 4.07. The van der Waals surface area contributed by atoms with Crippen molar-refractivity contribution >= 4 is 21.8 Å². The van der Waals surface area contributed by atoms with Crippen LogP contribution in [0.4, 0.5) is 0 Å². The van der Waals surface area contributed by atoms with Crippen LogP contribution in [-0.2, 0) is 0 Å². The summed E-state index contributed by atoms with van der Waals surface area (Å²) in [6, 6.07) is 6.25. The topological polar surface area (TPSA) is 29.1 Å². The molecule has 1 aliphatic carbocycles. The lowest BCUT2D eigenvalue weighted by atomic mass is 9.85. The van der Waals surface area contributed by atoms with Gasteiger partial charge in [0.1, 0.15) is 0 Å². The minimum absolute atomic E-state index is 0.0825. The van der Waals surface area contributed by atoms with Crippen LogP contribution in [-0.4, -0.2) is 17.3 Å². The highest BCUT2D eigenvalue weighted by atomic mass is 79.9. The number of carbonyl (C=O) groups excluding carboxylic acids is 1. The van der Waals surface area contributed by atoms with Crippen LogP contribution in [0.15, 0.2) is 18.2 Å². The SMILES string of the molecule is Cc1cccc(C(=O)NC2CCCCC2CBr)c1C. The van der Waals surface area contributed by atoms with E-state index in [4.69, 9.17) is 0 Å². The molecule has 104 valence electrons. The second kappa shape index (κ2) is 6.56. The molecule has 1 fully saturated rings. The largest absolute Gasteiger partial charge is 0.349 e. The van der Waals surface area contributed by atoms with Gasteiger partial charge in [0, 0.05) is 16.9 Å². The van der Waals surface area contributed by atoms with E-state index in [-0.39, 0.29) is 5.91 Å². The maximum Gasteiger partial charge on any atom is 0.251 e. The lowest BCUT2D eigenvalue weighted by Gasteiger charge is -2.31. The van der Waals surface area contributed by atoms with Crippen molar-refractivity contribution in [3.8, 4) is 0 Å². The Balaban J connectivity index is 2.09. The van der Waals surface area contributed by atoms with E-state index in [0.29, 0.717) is 12.0 Å². The van der Waals surface area contributed by atoms with Crippen molar-refractivity contribution in [3.05, 3.63) is 34.9 Å². The van der Waals surface area contributed by atoms with Gasteiger partial charge in [0.05, 0.1) is 0 Å². The highest BCUT2D eigenvalue weighted by molar-refractivity contribution is 9.09. The molecule has 3 heteroatoms. The molecule has 0 aliphatic heterocycles. The number of benzene rings is 1. The standard InChI is InChI=1S/C16H22BrNO/c1-11-6-5-8-14(12(11)2)16(19)18-15-9-4-3-7-13(15)10-17/h5-6,8,13,15H,3-4,7,9-10H2,1-2H3,(H,18,19). The monoisotopic (exact) mass is 323 g/mol. The molecular weight excluding hydrogens is 302 g/mol. The first kappa shape index (κ1) is 14.6. The van der Waals surface area contributed by atoms with Crippen LogP contribution in [0.3, 0.4) is 0 Å². The molecule has 0 heterocycles. The fourth-order valence-electron chi connectivity index (χ4n) is 2.83. The van der Waals surface area contributed by atoms with E-state index < -0.39 is 0 Å². The summed E-state index contributed by atoms with van der Waals surface area (Å²) in [4.78, 5) is 12.4. The number of amides is 1. The number of alkyl halides is 1. The highest BCUT2D eigenvalue weighted by Gasteiger charge is 2.26. The predicted octanol–water partition coefficient (Wildman–Crippen LogP) is 3.99. The van der Waals surface area contributed by atoms with E-state index in [1.165, 1.54) is 24.8 Å². The number of rotatable bonds is 3. The van der Waals surface area contributed by atoms with Gasteiger partial charge in [-0.2, -0.15) is 0 Å². The number of nitrogens with one attached hydrogen (secondary N) is 1. The fraction of sp³-hybridized carbons (Fsp3) is 0.562. The molecule has 0 spiro atoms. The average molecular weight is 324 g/mol. The Kier molecular flexibility index (Phi) is 5.03. The molecule has 1 saturated carbocycles. The lowest BCUT2D eigenvalue weighted by molar-refractivity contribution is 0.0911. The second-order valence-electron chi connectivity index (χ2n) is 5.53. The molecule has 2 rings (SSSR count). The maximum absolute atomic E-state index is 12.4. The Labute approximate surface area is 124 Å². The van der Waals surface area contributed by atoms with Crippen LogP contribution < -0.4 is 5.32 Å². The molecule has 1 aromatic rings. The first-order chi connectivity index (χ1) is 9.13.